The van der Waals surface area contributed by atoms with Crippen molar-refractivity contribution in [3.63, 3.8) is 0 Å². The quantitative estimate of drug-likeness (QED) is 0.419. The van der Waals surface area contributed by atoms with Crippen molar-refractivity contribution in [2.24, 2.45) is 17.8 Å². The molecule has 1 heterocycles. The van der Waals surface area contributed by atoms with Crippen molar-refractivity contribution in [3.05, 3.63) is 32.9 Å². The zero-order valence-electron chi connectivity index (χ0n) is 16.3. The lowest BCUT2D eigenvalue weighted by Crippen LogP contribution is -2.41. The van der Waals surface area contributed by atoms with E-state index in [-0.39, 0.29) is 34.1 Å². The molecule has 2 atom stereocenters. The highest BCUT2D eigenvalue weighted by atomic mass is 32.1. The SMILES string of the molecule is CCCCCn1c(=O)sc2ccc(C(=O)C3C(=O)C4CCC(C4)C3=O)c(C)c21. The molecule has 2 saturated carbocycles. The monoisotopic (exact) mass is 399 g/mol. The molecule has 5 nitrogen and oxygen atoms in total. The average molecular weight is 400 g/mol. The predicted molar refractivity (Wildman–Crippen MR) is 109 cm³/mol. The Balaban J connectivity index is 1.74. The Morgan fingerprint density at radius 2 is 1.79 bits per heavy atom. The van der Waals surface area contributed by atoms with Crippen LogP contribution in [-0.4, -0.2) is 21.9 Å². The van der Waals surface area contributed by atoms with Crippen molar-refractivity contribution in [1.82, 2.24) is 4.57 Å². The molecule has 148 valence electrons. The maximum atomic E-state index is 13.3. The zero-order valence-corrected chi connectivity index (χ0v) is 17.1. The molecule has 2 fully saturated rings. The molecular formula is C22H25NO4S. The third kappa shape index (κ3) is 2.98. The molecule has 2 aliphatic carbocycles. The number of Topliss-reactive ketones (excluding diaryl/α,β-unsaturated/α-hetero) is 3. The van der Waals surface area contributed by atoms with Gasteiger partial charge in [0.25, 0.3) is 0 Å². The van der Waals surface area contributed by atoms with Gasteiger partial charge >= 0.3 is 4.87 Å². The number of benzene rings is 1. The number of thiazole rings is 1. The molecule has 0 N–H and O–H groups in total. The number of aromatic nitrogens is 1. The van der Waals surface area contributed by atoms with E-state index in [1.807, 2.05) is 6.92 Å². The van der Waals surface area contributed by atoms with Crippen LogP contribution in [0.4, 0.5) is 0 Å². The van der Waals surface area contributed by atoms with Gasteiger partial charge in [0.05, 0.1) is 10.2 Å². The second-order valence-electron chi connectivity index (χ2n) is 8.12. The Morgan fingerprint density at radius 1 is 1.11 bits per heavy atom. The minimum Gasteiger partial charge on any atom is -0.298 e. The first kappa shape index (κ1) is 19.2. The van der Waals surface area contributed by atoms with Crippen LogP contribution in [0.25, 0.3) is 10.2 Å². The van der Waals surface area contributed by atoms with Crippen LogP contribution in [0, 0.1) is 24.7 Å². The second-order valence-corrected chi connectivity index (χ2v) is 9.11. The summed E-state index contributed by atoms with van der Waals surface area (Å²) < 4.78 is 2.59. The maximum Gasteiger partial charge on any atom is 0.308 e. The van der Waals surface area contributed by atoms with E-state index < -0.39 is 5.92 Å². The Morgan fingerprint density at radius 3 is 2.43 bits per heavy atom. The molecule has 28 heavy (non-hydrogen) atoms. The van der Waals surface area contributed by atoms with Crippen LogP contribution in [0.2, 0.25) is 0 Å². The minimum absolute atomic E-state index is 0.0262. The number of aryl methyl sites for hydroxylation is 2. The first-order chi connectivity index (χ1) is 13.4. The average Bonchev–Trinajstić information content (AvgIpc) is 3.24. The molecule has 1 aromatic carbocycles. The number of unbranched alkanes of at least 4 members (excludes halogenated alkanes) is 2. The van der Waals surface area contributed by atoms with Gasteiger partial charge in [-0.2, -0.15) is 0 Å². The molecule has 0 amide bonds. The zero-order chi connectivity index (χ0) is 20.0. The molecule has 2 unspecified atom stereocenters. The molecule has 2 aromatic rings. The molecule has 1 aromatic heterocycles. The fourth-order valence-corrected chi connectivity index (χ4v) is 5.82. The molecule has 6 heteroatoms. The van der Waals surface area contributed by atoms with Gasteiger partial charge in [0, 0.05) is 23.9 Å². The van der Waals surface area contributed by atoms with E-state index in [0.29, 0.717) is 24.1 Å². The second kappa shape index (κ2) is 7.39. The van der Waals surface area contributed by atoms with Crippen LogP contribution in [0.15, 0.2) is 16.9 Å². The van der Waals surface area contributed by atoms with Crippen LogP contribution < -0.4 is 4.87 Å². The van der Waals surface area contributed by atoms with E-state index >= 15 is 0 Å². The highest BCUT2D eigenvalue weighted by molar-refractivity contribution is 7.16. The van der Waals surface area contributed by atoms with Crippen molar-refractivity contribution in [3.8, 4) is 0 Å². The highest BCUT2D eigenvalue weighted by Gasteiger charge is 2.50. The Bertz CT molecular complexity index is 1010. The molecule has 0 radical (unpaired) electrons. The standard InChI is InChI=1S/C22H25NO4S/c1-3-4-5-10-23-18-12(2)15(8-9-16(18)28-22(23)27)21(26)17-19(24)13-6-7-14(11-13)20(17)25/h8-9,13-14,17H,3-7,10-11H2,1-2H3. The first-order valence-electron chi connectivity index (χ1n) is 10.2. The summed E-state index contributed by atoms with van der Waals surface area (Å²) in [6, 6.07) is 3.47. The molecule has 2 bridgehead atoms. The van der Waals surface area contributed by atoms with Gasteiger partial charge in [0.2, 0.25) is 0 Å². The summed E-state index contributed by atoms with van der Waals surface area (Å²) in [7, 11) is 0. The summed E-state index contributed by atoms with van der Waals surface area (Å²) in [6.45, 7) is 4.56. The number of ketones is 3. The van der Waals surface area contributed by atoms with E-state index in [1.54, 1.807) is 16.7 Å². The van der Waals surface area contributed by atoms with Gasteiger partial charge in [-0.15, -0.1) is 0 Å². The van der Waals surface area contributed by atoms with Gasteiger partial charge < -0.3 is 0 Å². The highest BCUT2D eigenvalue weighted by Crippen LogP contribution is 2.41. The molecule has 4 rings (SSSR count). The first-order valence-corrected chi connectivity index (χ1v) is 11.0. The van der Waals surface area contributed by atoms with Gasteiger partial charge in [-0.05, 0) is 50.3 Å². The summed E-state index contributed by atoms with van der Waals surface area (Å²) in [5.74, 6) is -2.23. The number of nitrogens with zero attached hydrogens (tertiary/aromatic N) is 1. The lowest BCUT2D eigenvalue weighted by molar-refractivity contribution is -0.137. The van der Waals surface area contributed by atoms with Crippen molar-refractivity contribution in [2.45, 2.75) is 58.9 Å². The van der Waals surface area contributed by atoms with Gasteiger partial charge in [-0.3, -0.25) is 23.7 Å². The van der Waals surface area contributed by atoms with Crippen molar-refractivity contribution in [1.29, 1.82) is 0 Å². The van der Waals surface area contributed by atoms with E-state index in [4.69, 9.17) is 0 Å². The third-order valence-electron chi connectivity index (χ3n) is 6.40. The normalized spacial score (nSPS) is 24.3. The van der Waals surface area contributed by atoms with Gasteiger partial charge in [0.1, 0.15) is 5.92 Å². The molecule has 0 aliphatic heterocycles. The predicted octanol–water partition coefficient (Wildman–Crippen LogP) is 3.93. The molecule has 0 spiro atoms. The molecular weight excluding hydrogens is 374 g/mol. The van der Waals surface area contributed by atoms with E-state index in [1.165, 1.54) is 11.3 Å². The Kier molecular flexibility index (Phi) is 5.08. The summed E-state index contributed by atoms with van der Waals surface area (Å²) in [4.78, 5) is 51.2. The Labute approximate surface area is 167 Å². The summed E-state index contributed by atoms with van der Waals surface area (Å²) in [5, 5.41) is 0. The number of hydrogen-bond donors (Lipinski definition) is 0. The van der Waals surface area contributed by atoms with E-state index in [0.717, 1.165) is 42.3 Å². The number of rotatable bonds is 6. The number of carbonyl (C=O) groups is 3. The summed E-state index contributed by atoms with van der Waals surface area (Å²) >= 11 is 1.18. The smallest absolute Gasteiger partial charge is 0.298 e. The van der Waals surface area contributed by atoms with Gasteiger partial charge in [-0.25, -0.2) is 0 Å². The third-order valence-corrected chi connectivity index (χ3v) is 7.35. The molecule has 2 aliphatic rings. The van der Waals surface area contributed by atoms with Crippen molar-refractivity contribution < 1.29 is 14.4 Å². The fourth-order valence-electron chi connectivity index (χ4n) is 4.85. The van der Waals surface area contributed by atoms with Crippen molar-refractivity contribution in [2.75, 3.05) is 0 Å². The van der Waals surface area contributed by atoms with Crippen molar-refractivity contribution >= 4 is 38.9 Å². The lowest BCUT2D eigenvalue weighted by atomic mass is 9.75. The lowest BCUT2D eigenvalue weighted by Gasteiger charge is -2.24. The summed E-state index contributed by atoms with van der Waals surface area (Å²) in [6.07, 6.45) is 5.06. The minimum atomic E-state index is -1.15. The number of hydrogen-bond acceptors (Lipinski definition) is 5. The fraction of sp³-hybridized carbons (Fsp3) is 0.545. The van der Waals surface area contributed by atoms with E-state index in [2.05, 4.69) is 6.92 Å². The number of fused-ring (bicyclic) bond motifs is 3. The number of carbonyl (C=O) groups excluding carboxylic acids is 3. The van der Waals surface area contributed by atoms with E-state index in [9.17, 15) is 19.2 Å². The van der Waals surface area contributed by atoms with Crippen LogP contribution in [0.3, 0.4) is 0 Å². The topological polar surface area (TPSA) is 73.2 Å². The van der Waals surface area contributed by atoms with Crippen LogP contribution in [-0.2, 0) is 16.1 Å². The van der Waals surface area contributed by atoms with Crippen LogP contribution in [0.5, 0.6) is 0 Å². The Hall–Kier alpha value is -2.08. The van der Waals surface area contributed by atoms with Crippen LogP contribution >= 0.6 is 11.3 Å². The van der Waals surface area contributed by atoms with Gasteiger partial charge in [0.15, 0.2) is 17.3 Å². The maximum absolute atomic E-state index is 13.3. The summed E-state index contributed by atoms with van der Waals surface area (Å²) in [5.41, 5.74) is 1.88. The van der Waals surface area contributed by atoms with Crippen LogP contribution in [0.1, 0.15) is 61.4 Å². The van der Waals surface area contributed by atoms with Gasteiger partial charge in [-0.1, -0.05) is 31.1 Å². The molecule has 0 saturated heterocycles. The largest absolute Gasteiger partial charge is 0.308 e.